The van der Waals surface area contributed by atoms with Crippen molar-refractivity contribution in [3.8, 4) is 5.75 Å². The molecule has 4 rings (SSSR count). The first-order chi connectivity index (χ1) is 17.7. The molecule has 1 aliphatic heterocycles. The number of benzene rings is 1. The molecule has 2 aliphatic rings. The Labute approximate surface area is 215 Å². The van der Waals surface area contributed by atoms with Crippen LogP contribution in [-0.2, 0) is 32.1 Å². The van der Waals surface area contributed by atoms with Gasteiger partial charge in [-0.15, -0.1) is 0 Å². The highest BCUT2D eigenvalue weighted by atomic mass is 16.5. The van der Waals surface area contributed by atoms with E-state index in [2.05, 4.69) is 20.9 Å². The van der Waals surface area contributed by atoms with E-state index in [4.69, 9.17) is 4.74 Å². The van der Waals surface area contributed by atoms with Gasteiger partial charge in [0.1, 0.15) is 23.9 Å². The van der Waals surface area contributed by atoms with Crippen LogP contribution in [0.4, 0.5) is 0 Å². The molecule has 10 nitrogen and oxygen atoms in total. The van der Waals surface area contributed by atoms with Crippen molar-refractivity contribution in [2.45, 2.75) is 70.0 Å². The zero-order chi connectivity index (χ0) is 26.5. The molecule has 1 aliphatic carbocycles. The highest BCUT2D eigenvalue weighted by Crippen LogP contribution is 2.34. The van der Waals surface area contributed by atoms with Crippen LogP contribution in [0.1, 0.15) is 37.9 Å². The fraction of sp³-hybridized carbons (Fsp3) is 0.481. The van der Waals surface area contributed by atoms with Crippen LogP contribution in [0.5, 0.6) is 5.75 Å². The summed E-state index contributed by atoms with van der Waals surface area (Å²) in [4.78, 5) is 43.7. The van der Waals surface area contributed by atoms with Crippen molar-refractivity contribution in [1.82, 2.24) is 20.9 Å². The van der Waals surface area contributed by atoms with Crippen LogP contribution in [-0.4, -0.2) is 63.3 Å². The predicted molar refractivity (Wildman–Crippen MR) is 134 cm³/mol. The van der Waals surface area contributed by atoms with Gasteiger partial charge in [0.25, 0.3) is 0 Å². The molecule has 1 saturated heterocycles. The van der Waals surface area contributed by atoms with Crippen LogP contribution < -0.4 is 16.0 Å². The van der Waals surface area contributed by atoms with Crippen molar-refractivity contribution in [1.29, 1.82) is 0 Å². The molecule has 2 amide bonds. The molecule has 0 bridgehead atoms. The Morgan fingerprint density at radius 3 is 2.43 bits per heavy atom. The first kappa shape index (κ1) is 26.6. The van der Waals surface area contributed by atoms with Crippen molar-refractivity contribution in [3.63, 3.8) is 0 Å². The molecule has 1 aromatic carbocycles. The molecule has 6 atom stereocenters. The maximum Gasteiger partial charge on any atom is 0.329 e. The van der Waals surface area contributed by atoms with Crippen molar-refractivity contribution < 1.29 is 29.3 Å². The average molecular weight is 511 g/mol. The summed E-state index contributed by atoms with van der Waals surface area (Å²) in [5.74, 6) is -2.56. The van der Waals surface area contributed by atoms with Gasteiger partial charge >= 0.3 is 5.97 Å². The zero-order valence-corrected chi connectivity index (χ0v) is 21.0. The number of cyclic esters (lactones) is 1. The molecule has 0 radical (unpaired) electrons. The van der Waals surface area contributed by atoms with E-state index < -0.39 is 54.0 Å². The number of carbonyl (C=O) groups excluding carboxylic acids is 3. The summed E-state index contributed by atoms with van der Waals surface area (Å²) in [6, 6.07) is 9.79. The maximum absolute atomic E-state index is 13.6. The monoisotopic (exact) mass is 510 g/mol. The van der Waals surface area contributed by atoms with Crippen molar-refractivity contribution in [3.05, 3.63) is 59.9 Å². The van der Waals surface area contributed by atoms with Gasteiger partial charge < -0.3 is 25.6 Å². The van der Waals surface area contributed by atoms with Gasteiger partial charge in [0, 0.05) is 12.7 Å². The van der Waals surface area contributed by atoms with E-state index >= 15 is 0 Å². The van der Waals surface area contributed by atoms with E-state index in [0.717, 1.165) is 18.4 Å². The minimum absolute atomic E-state index is 0.0316. The molecular weight excluding hydrogens is 476 g/mol. The quantitative estimate of drug-likeness (QED) is 0.359. The van der Waals surface area contributed by atoms with Crippen molar-refractivity contribution in [2.75, 3.05) is 0 Å². The number of amides is 2. The van der Waals surface area contributed by atoms with Crippen molar-refractivity contribution >= 4 is 17.8 Å². The van der Waals surface area contributed by atoms with E-state index in [0.29, 0.717) is 12.1 Å². The summed E-state index contributed by atoms with van der Waals surface area (Å²) in [6.07, 6.45) is 1.25. The van der Waals surface area contributed by atoms with E-state index in [1.165, 1.54) is 12.3 Å². The Balaban J connectivity index is 1.63. The lowest BCUT2D eigenvalue weighted by Gasteiger charge is -2.33. The summed E-state index contributed by atoms with van der Waals surface area (Å²) < 4.78 is 5.68. The summed E-state index contributed by atoms with van der Waals surface area (Å²) in [5.41, 5.74) is 1.21. The molecule has 198 valence electrons. The molecule has 1 aromatic heterocycles. The molecule has 5 N–H and O–H groups in total. The number of nitrogens with one attached hydrogen (secondary N) is 3. The van der Waals surface area contributed by atoms with Gasteiger partial charge in [0.05, 0.1) is 23.8 Å². The lowest BCUT2D eigenvalue weighted by molar-refractivity contribution is -0.157. The zero-order valence-electron chi connectivity index (χ0n) is 21.0. The minimum Gasteiger partial charge on any atom is -0.506 e. The van der Waals surface area contributed by atoms with Gasteiger partial charge in [-0.2, -0.15) is 0 Å². The molecule has 2 fully saturated rings. The van der Waals surface area contributed by atoms with Gasteiger partial charge in [0.2, 0.25) is 11.8 Å². The number of hydrogen-bond acceptors (Lipinski definition) is 8. The van der Waals surface area contributed by atoms with Crippen LogP contribution in [0, 0.1) is 11.8 Å². The van der Waals surface area contributed by atoms with E-state index in [1.54, 1.807) is 19.9 Å². The third-order valence-corrected chi connectivity index (χ3v) is 7.02. The third-order valence-electron chi connectivity index (χ3n) is 7.02. The Morgan fingerprint density at radius 2 is 1.76 bits per heavy atom. The maximum atomic E-state index is 13.6. The third kappa shape index (κ3) is 6.64. The second kappa shape index (κ2) is 11.7. The second-order valence-corrected chi connectivity index (χ2v) is 9.88. The summed E-state index contributed by atoms with van der Waals surface area (Å²) in [7, 11) is 0. The number of aliphatic hydroxyl groups excluding tert-OH is 1. The number of aromatic hydroxyl groups is 1. The topological polar surface area (TPSA) is 150 Å². The molecule has 2 aromatic rings. The molecular formula is C27H34N4O6. The Kier molecular flexibility index (Phi) is 8.40. The van der Waals surface area contributed by atoms with Crippen LogP contribution in [0.15, 0.2) is 48.7 Å². The predicted octanol–water partition coefficient (Wildman–Crippen LogP) is 0.810. The van der Waals surface area contributed by atoms with Crippen LogP contribution in [0.3, 0.4) is 0 Å². The number of nitrogens with zero attached hydrogens (tertiary/aromatic N) is 1. The fourth-order valence-electron chi connectivity index (χ4n) is 4.55. The highest BCUT2D eigenvalue weighted by molar-refractivity contribution is 5.88. The van der Waals surface area contributed by atoms with Gasteiger partial charge in [-0.1, -0.05) is 37.3 Å². The molecule has 10 heteroatoms. The van der Waals surface area contributed by atoms with Gasteiger partial charge in [-0.3, -0.25) is 19.9 Å². The van der Waals surface area contributed by atoms with Crippen LogP contribution in [0.2, 0.25) is 0 Å². The fourth-order valence-corrected chi connectivity index (χ4v) is 4.55. The average Bonchev–Trinajstić information content (AvgIpc) is 3.72. The molecule has 6 unspecified atom stereocenters. The lowest BCUT2D eigenvalue weighted by Crippen LogP contribution is -2.60. The van der Waals surface area contributed by atoms with E-state index in [-0.39, 0.29) is 18.2 Å². The summed E-state index contributed by atoms with van der Waals surface area (Å²) in [5, 5.41) is 30.0. The minimum atomic E-state index is -1.21. The number of rotatable bonds is 6. The number of esters is 1. The number of aliphatic hydroxyl groups is 1. The van der Waals surface area contributed by atoms with E-state index in [1.807, 2.05) is 30.3 Å². The molecule has 2 heterocycles. The number of hydrogen-bond donors (Lipinski definition) is 5. The largest absolute Gasteiger partial charge is 0.506 e. The highest BCUT2D eigenvalue weighted by Gasteiger charge is 2.43. The number of aromatic nitrogens is 1. The number of pyridine rings is 1. The van der Waals surface area contributed by atoms with E-state index in [9.17, 15) is 24.6 Å². The Morgan fingerprint density at radius 1 is 1.03 bits per heavy atom. The SMILES string of the molecule is CC1OC(=O)C(C2CC2)NC(=O)C(C)C(O)C(Cc2ccccc2)NC(=O)C1NCc1ncccc1O. The first-order valence-electron chi connectivity index (χ1n) is 12.6. The second-order valence-electron chi connectivity index (χ2n) is 9.88. The number of ether oxygens (including phenoxy) is 1. The molecule has 37 heavy (non-hydrogen) atoms. The smallest absolute Gasteiger partial charge is 0.329 e. The molecule has 1 saturated carbocycles. The Hall–Kier alpha value is -3.50. The summed E-state index contributed by atoms with van der Waals surface area (Å²) in [6.45, 7) is 3.21. The molecule has 0 spiro atoms. The normalized spacial score (nSPS) is 29.3. The van der Waals surface area contributed by atoms with Crippen LogP contribution in [0.25, 0.3) is 0 Å². The first-order valence-corrected chi connectivity index (χ1v) is 12.6. The van der Waals surface area contributed by atoms with Crippen LogP contribution >= 0.6 is 0 Å². The van der Waals surface area contributed by atoms with Gasteiger partial charge in [-0.25, -0.2) is 4.79 Å². The van der Waals surface area contributed by atoms with Crippen molar-refractivity contribution in [2.24, 2.45) is 11.8 Å². The van der Waals surface area contributed by atoms with Gasteiger partial charge in [-0.05, 0) is 49.8 Å². The standard InChI is InChI=1S/C27H34N4O6/c1-15-24(33)19(13-17-7-4-3-5-8-17)30-26(35)22(29-14-20-21(32)9-6-12-28-20)16(2)37-27(36)23(18-10-11-18)31-25(15)34/h3-9,12,15-16,18-19,22-24,29,32-33H,10-11,13-14H2,1-2H3,(H,30,35)(H,31,34). The summed E-state index contributed by atoms with van der Waals surface area (Å²) >= 11 is 0. The Bertz CT molecular complexity index is 1110. The number of carbonyl (C=O) groups is 3. The van der Waals surface area contributed by atoms with Gasteiger partial charge in [0.15, 0.2) is 0 Å². The lowest BCUT2D eigenvalue weighted by atomic mass is 9.91.